The molecule has 0 heterocycles. The van der Waals surface area contributed by atoms with Gasteiger partial charge in [-0.25, -0.2) is 0 Å². The normalized spacial score (nSPS) is 14.2. The maximum Gasteiger partial charge on any atom is 0.0357 e. The van der Waals surface area contributed by atoms with Crippen LogP contribution in [-0.4, -0.2) is 36.1 Å². The summed E-state index contributed by atoms with van der Waals surface area (Å²) in [5.74, 6) is 0. The summed E-state index contributed by atoms with van der Waals surface area (Å²) < 4.78 is 0. The van der Waals surface area contributed by atoms with E-state index < -0.39 is 0 Å². The molecule has 0 aromatic heterocycles. The van der Waals surface area contributed by atoms with Crippen molar-refractivity contribution < 1.29 is 0 Å². The van der Waals surface area contributed by atoms with E-state index in [2.05, 4.69) is 51.8 Å². The lowest BCUT2D eigenvalue weighted by atomic mass is 9.80. The largest absolute Gasteiger partial charge is 0.312 e. The summed E-state index contributed by atoms with van der Waals surface area (Å²) in [5, 5.41) is 3.77. The first-order valence-corrected chi connectivity index (χ1v) is 8.14. The molecule has 0 amide bonds. The molecule has 0 radical (unpaired) electrons. The molecule has 2 heteroatoms. The van der Waals surface area contributed by atoms with Crippen LogP contribution in [0.1, 0.15) is 73.6 Å². The van der Waals surface area contributed by atoms with Crippen LogP contribution in [0.5, 0.6) is 0 Å². The van der Waals surface area contributed by atoms with Gasteiger partial charge in [-0.05, 0) is 38.9 Å². The van der Waals surface area contributed by atoms with Gasteiger partial charge in [-0.2, -0.15) is 0 Å². The van der Waals surface area contributed by atoms with Crippen LogP contribution >= 0.6 is 0 Å². The molecule has 0 spiro atoms. The van der Waals surface area contributed by atoms with Gasteiger partial charge in [0.15, 0.2) is 0 Å². The van der Waals surface area contributed by atoms with Crippen molar-refractivity contribution in [3.05, 3.63) is 0 Å². The van der Waals surface area contributed by atoms with Crippen LogP contribution in [-0.2, 0) is 0 Å². The molecule has 18 heavy (non-hydrogen) atoms. The molecule has 0 aromatic rings. The predicted molar refractivity (Wildman–Crippen MR) is 83.2 cm³/mol. The number of nitrogens with one attached hydrogen (secondary N) is 1. The monoisotopic (exact) mass is 256 g/mol. The Morgan fingerprint density at radius 3 is 1.83 bits per heavy atom. The minimum atomic E-state index is 0.342. The first-order valence-electron chi connectivity index (χ1n) is 8.14. The highest BCUT2D eigenvalue weighted by Gasteiger charge is 2.38. The Kier molecular flexibility index (Phi) is 9.76. The van der Waals surface area contributed by atoms with E-state index in [0.29, 0.717) is 11.6 Å². The highest BCUT2D eigenvalue weighted by atomic mass is 15.2. The summed E-state index contributed by atoms with van der Waals surface area (Å²) >= 11 is 0. The molecule has 0 aromatic carbocycles. The maximum atomic E-state index is 3.77. The van der Waals surface area contributed by atoms with Gasteiger partial charge in [-0.1, -0.05) is 54.4 Å². The second-order valence-corrected chi connectivity index (χ2v) is 5.24. The van der Waals surface area contributed by atoms with Gasteiger partial charge in [-0.3, -0.25) is 4.90 Å². The molecule has 2 nitrogen and oxygen atoms in total. The second-order valence-electron chi connectivity index (χ2n) is 5.24. The third-order valence-electron chi connectivity index (χ3n) is 4.56. The summed E-state index contributed by atoms with van der Waals surface area (Å²) in [5.41, 5.74) is 0.342. The summed E-state index contributed by atoms with van der Waals surface area (Å²) in [6, 6.07) is 0.636. The van der Waals surface area contributed by atoms with Gasteiger partial charge in [0, 0.05) is 11.6 Å². The van der Waals surface area contributed by atoms with Crippen molar-refractivity contribution in [3.8, 4) is 0 Å². The van der Waals surface area contributed by atoms with Gasteiger partial charge >= 0.3 is 0 Å². The topological polar surface area (TPSA) is 15.3 Å². The molecule has 1 N–H and O–H groups in total. The van der Waals surface area contributed by atoms with Gasteiger partial charge in [0.25, 0.3) is 0 Å². The molecule has 0 aliphatic carbocycles. The molecule has 1 unspecified atom stereocenters. The van der Waals surface area contributed by atoms with Crippen molar-refractivity contribution >= 4 is 0 Å². The number of hydrogen-bond acceptors (Lipinski definition) is 2. The number of nitrogens with zero attached hydrogens (tertiary/aromatic N) is 1. The van der Waals surface area contributed by atoms with E-state index in [1.54, 1.807) is 0 Å². The van der Waals surface area contributed by atoms with Crippen LogP contribution < -0.4 is 5.32 Å². The predicted octanol–water partition coefficient (Wildman–Crippen LogP) is 4.06. The molecule has 0 bridgehead atoms. The second kappa shape index (κ2) is 9.80. The summed E-state index contributed by atoms with van der Waals surface area (Å²) in [6.45, 7) is 17.2. The standard InChI is InChI=1S/C16H36N2/c1-7-13-14-15(17-10-4)16(8-2,9-3)18(11-5)12-6/h15,17H,7-14H2,1-6H3. The van der Waals surface area contributed by atoms with E-state index in [9.17, 15) is 0 Å². The zero-order valence-electron chi connectivity index (χ0n) is 13.7. The number of unbranched alkanes of at least 4 members (excludes halogenated alkanes) is 1. The lowest BCUT2D eigenvalue weighted by Crippen LogP contribution is -2.60. The quantitative estimate of drug-likeness (QED) is 0.600. The van der Waals surface area contributed by atoms with Crippen LogP contribution in [0.15, 0.2) is 0 Å². The summed E-state index contributed by atoms with van der Waals surface area (Å²) in [6.07, 6.45) is 6.42. The zero-order valence-corrected chi connectivity index (χ0v) is 13.7. The maximum absolute atomic E-state index is 3.77. The van der Waals surface area contributed by atoms with Crippen molar-refractivity contribution in [2.75, 3.05) is 19.6 Å². The Labute approximate surface area is 116 Å². The van der Waals surface area contributed by atoms with Crippen LogP contribution in [0.2, 0.25) is 0 Å². The smallest absolute Gasteiger partial charge is 0.0357 e. The summed E-state index contributed by atoms with van der Waals surface area (Å²) in [4.78, 5) is 2.68. The van der Waals surface area contributed by atoms with Gasteiger partial charge in [0.2, 0.25) is 0 Å². The molecule has 0 aliphatic rings. The van der Waals surface area contributed by atoms with Crippen LogP contribution in [0.3, 0.4) is 0 Å². The minimum Gasteiger partial charge on any atom is -0.312 e. The Morgan fingerprint density at radius 2 is 1.50 bits per heavy atom. The van der Waals surface area contributed by atoms with E-state index in [4.69, 9.17) is 0 Å². The third kappa shape index (κ3) is 4.24. The molecule has 1 atom stereocenters. The van der Waals surface area contributed by atoms with E-state index in [1.165, 1.54) is 32.1 Å². The molecule has 0 saturated heterocycles. The van der Waals surface area contributed by atoms with E-state index >= 15 is 0 Å². The van der Waals surface area contributed by atoms with E-state index in [1.807, 2.05) is 0 Å². The number of hydrogen-bond donors (Lipinski definition) is 1. The molecule has 110 valence electrons. The lowest BCUT2D eigenvalue weighted by Gasteiger charge is -2.48. The Morgan fingerprint density at radius 1 is 0.944 bits per heavy atom. The zero-order chi connectivity index (χ0) is 14.0. The Balaban J connectivity index is 5.06. The average molecular weight is 256 g/mol. The third-order valence-corrected chi connectivity index (χ3v) is 4.56. The van der Waals surface area contributed by atoms with Crippen molar-refractivity contribution in [2.45, 2.75) is 85.2 Å². The molecule has 0 saturated carbocycles. The minimum absolute atomic E-state index is 0.342. The van der Waals surface area contributed by atoms with Gasteiger partial charge < -0.3 is 5.32 Å². The first kappa shape index (κ1) is 17.9. The number of rotatable bonds is 11. The molecule has 0 fully saturated rings. The lowest BCUT2D eigenvalue weighted by molar-refractivity contribution is 0.0459. The Bertz CT molecular complexity index is 184. The summed E-state index contributed by atoms with van der Waals surface area (Å²) in [7, 11) is 0. The average Bonchev–Trinajstić information content (AvgIpc) is 2.41. The fourth-order valence-electron chi connectivity index (χ4n) is 3.48. The highest BCUT2D eigenvalue weighted by Crippen LogP contribution is 2.30. The first-order chi connectivity index (χ1) is 8.66. The highest BCUT2D eigenvalue weighted by molar-refractivity contribution is 4.98. The van der Waals surface area contributed by atoms with Crippen LogP contribution in [0, 0.1) is 0 Å². The number of likely N-dealkylation sites (N-methyl/N-ethyl adjacent to an activating group) is 2. The van der Waals surface area contributed by atoms with Gasteiger partial charge in [-0.15, -0.1) is 0 Å². The SMILES string of the molecule is CCCCC(NCC)C(CC)(CC)N(CC)CC. The molecular weight excluding hydrogens is 220 g/mol. The van der Waals surface area contributed by atoms with Gasteiger partial charge in [0.1, 0.15) is 0 Å². The fourth-order valence-corrected chi connectivity index (χ4v) is 3.48. The molecule has 0 aliphatic heterocycles. The van der Waals surface area contributed by atoms with Crippen molar-refractivity contribution in [1.82, 2.24) is 10.2 Å². The van der Waals surface area contributed by atoms with Crippen molar-refractivity contribution in [1.29, 1.82) is 0 Å². The molecule has 0 rings (SSSR count). The van der Waals surface area contributed by atoms with Crippen LogP contribution in [0.4, 0.5) is 0 Å². The van der Waals surface area contributed by atoms with E-state index in [0.717, 1.165) is 19.6 Å². The molecular formula is C16H36N2. The van der Waals surface area contributed by atoms with Crippen LogP contribution in [0.25, 0.3) is 0 Å². The van der Waals surface area contributed by atoms with Crippen molar-refractivity contribution in [2.24, 2.45) is 0 Å². The van der Waals surface area contributed by atoms with Gasteiger partial charge in [0.05, 0.1) is 0 Å². The van der Waals surface area contributed by atoms with E-state index in [-0.39, 0.29) is 0 Å². The Hall–Kier alpha value is -0.0800. The van der Waals surface area contributed by atoms with Crippen molar-refractivity contribution in [3.63, 3.8) is 0 Å². The fraction of sp³-hybridized carbons (Fsp3) is 1.00.